The summed E-state index contributed by atoms with van der Waals surface area (Å²) >= 11 is 1.000. The lowest BCUT2D eigenvalue weighted by molar-refractivity contribution is -0.124. The van der Waals surface area contributed by atoms with Crippen LogP contribution in [0.1, 0.15) is 82.1 Å². The molecule has 5 atom stereocenters. The number of nitriles is 1. The van der Waals surface area contributed by atoms with E-state index in [-0.39, 0.29) is 53.7 Å². The third-order valence-electron chi connectivity index (χ3n) is 20.0. The van der Waals surface area contributed by atoms with Gasteiger partial charge in [-0.2, -0.15) is 10.2 Å². The number of aromatic nitrogens is 4. The molecule has 109 heavy (non-hydrogen) atoms. The highest BCUT2D eigenvalue weighted by Crippen LogP contribution is 2.52. The number of aliphatic hydroxyl groups is 2. The molecule has 1 aliphatic rings. The summed E-state index contributed by atoms with van der Waals surface area (Å²) in [6.45, 7) is 4.01. The van der Waals surface area contributed by atoms with Gasteiger partial charge in [-0.05, 0) is 125 Å². The van der Waals surface area contributed by atoms with Crippen LogP contribution in [0.4, 0.5) is 11.8 Å². The molecule has 0 saturated carbocycles. The number of nitrogens with zero attached hydrogens (tertiary/aromatic N) is 5. The highest BCUT2D eigenvalue weighted by Gasteiger charge is 2.66. The number of thioether (sulfide) groups is 1. The number of aliphatic hydroxyl groups excluding tert-OH is 1. The second-order valence-corrected chi connectivity index (χ2v) is 30.0. The molecule has 0 aliphatic carbocycles. The van der Waals surface area contributed by atoms with E-state index >= 15 is 4.57 Å². The van der Waals surface area contributed by atoms with Crippen molar-refractivity contribution in [2.24, 2.45) is 5.41 Å². The molecule has 556 valence electrons. The summed E-state index contributed by atoms with van der Waals surface area (Å²) in [5.74, 6) is 2.57. The van der Waals surface area contributed by atoms with Gasteiger partial charge in [-0.3, -0.25) is 13.8 Å². The zero-order valence-corrected chi connectivity index (χ0v) is 63.1. The fourth-order valence-corrected chi connectivity index (χ4v) is 16.3. The van der Waals surface area contributed by atoms with Gasteiger partial charge in [0.2, 0.25) is 11.5 Å². The first kappa shape index (κ1) is 76.2. The van der Waals surface area contributed by atoms with Crippen LogP contribution >= 0.6 is 19.5 Å². The number of ether oxygens (including phenoxy) is 6. The van der Waals surface area contributed by atoms with Crippen molar-refractivity contribution < 1.29 is 57.0 Å². The molecule has 1 unspecified atom stereocenters. The predicted molar refractivity (Wildman–Crippen MR) is 421 cm³/mol. The molecule has 2 aromatic heterocycles. The molecule has 1 fully saturated rings. The van der Waals surface area contributed by atoms with E-state index in [9.17, 15) is 20.3 Å². The maximum atomic E-state index is 15.3. The molecule has 0 radical (unpaired) electrons. The first-order chi connectivity index (χ1) is 52.9. The monoisotopic (exact) mass is 1500 g/mol. The van der Waals surface area contributed by atoms with Crippen molar-refractivity contribution in [2.45, 2.75) is 67.4 Å². The molecule has 12 aromatic rings. The van der Waals surface area contributed by atoms with Crippen LogP contribution in [0.5, 0.6) is 23.0 Å². The van der Waals surface area contributed by atoms with E-state index < -0.39 is 59.9 Å². The van der Waals surface area contributed by atoms with E-state index in [1.807, 2.05) is 293 Å². The predicted octanol–water partition coefficient (Wildman–Crippen LogP) is 15.4. The average Bonchev–Trinajstić information content (AvgIpc) is 1.59. The number of nitrogens with one attached hydrogen (secondary N) is 3. The van der Waals surface area contributed by atoms with Gasteiger partial charge < -0.3 is 49.3 Å². The minimum atomic E-state index is -4.46. The molecule has 0 amide bonds. The number of methoxy groups -OCH3 is 4. The van der Waals surface area contributed by atoms with Crippen LogP contribution in [0.25, 0.3) is 5.65 Å². The van der Waals surface area contributed by atoms with Crippen LogP contribution in [0.15, 0.2) is 285 Å². The smallest absolute Gasteiger partial charge is 0.405 e. The van der Waals surface area contributed by atoms with E-state index in [0.717, 1.165) is 67.4 Å². The molecule has 5 N–H and O–H groups in total. The van der Waals surface area contributed by atoms with Crippen LogP contribution in [-0.4, -0.2) is 107 Å². The van der Waals surface area contributed by atoms with Crippen LogP contribution < -0.4 is 34.7 Å². The third-order valence-corrected chi connectivity index (χ3v) is 22.8. The number of hydrogen-bond donors (Lipinski definition) is 5. The number of fused-ring (bicyclic) bond motifs is 1. The van der Waals surface area contributed by atoms with Gasteiger partial charge in [0.15, 0.2) is 16.6 Å². The van der Waals surface area contributed by atoms with E-state index in [2.05, 4.69) is 21.8 Å². The Morgan fingerprint density at radius 2 is 0.972 bits per heavy atom. The molecular formula is C87H85N8O12PS. The minimum absolute atomic E-state index is 0.00765. The first-order valence-electron chi connectivity index (χ1n) is 35.6. The lowest BCUT2D eigenvalue weighted by Crippen LogP contribution is -2.52. The second kappa shape index (κ2) is 32.8. The van der Waals surface area contributed by atoms with Crippen molar-refractivity contribution in [2.75, 3.05) is 64.6 Å². The molecule has 22 heteroatoms. The van der Waals surface area contributed by atoms with Crippen molar-refractivity contribution in [3.8, 4) is 29.1 Å². The Morgan fingerprint density at radius 1 is 0.578 bits per heavy atom. The lowest BCUT2D eigenvalue weighted by atomic mass is 9.77. The summed E-state index contributed by atoms with van der Waals surface area (Å²) in [5, 5.41) is 53.4. The van der Waals surface area contributed by atoms with Gasteiger partial charge in [0.25, 0.3) is 0 Å². The molecule has 10 aromatic carbocycles. The van der Waals surface area contributed by atoms with Gasteiger partial charge in [-0.25, -0.2) is 19.2 Å². The maximum Gasteiger partial charge on any atom is 0.405 e. The third kappa shape index (κ3) is 15.2. The Labute approximate surface area is 638 Å². The first-order valence-corrected chi connectivity index (χ1v) is 38.1. The number of carbonyl (C=O) groups is 1. The molecule has 20 nitrogen and oxygen atoms in total. The van der Waals surface area contributed by atoms with Crippen molar-refractivity contribution >= 4 is 42.0 Å². The van der Waals surface area contributed by atoms with E-state index in [1.54, 1.807) is 28.4 Å². The Kier molecular flexibility index (Phi) is 23.0. The molecule has 0 bridgehead atoms. The number of rotatable bonds is 32. The quantitative estimate of drug-likeness (QED) is 0.0149. The fourth-order valence-electron chi connectivity index (χ4n) is 14.1. The summed E-state index contributed by atoms with van der Waals surface area (Å²) in [6.07, 6.45) is -2.14. The van der Waals surface area contributed by atoms with Gasteiger partial charge in [0.1, 0.15) is 69.2 Å². The SMILES string of the molecule is COc1ccc(C(Nc2nc(NC(c3ccccc3)(c3ccc(OC)cc3)c3ccc(OC)cc3)c3ncc([C@]4(C#N)O[C@H](COP(=O)(NCc5ccccc5)OCCSC(=O)C(C)(C)COC(c5ccccc5)(c5ccccc5)c5ccccc5)[C@@H](O)[C@@]4(C)O)n3n2)(c2ccccc2)c2ccc(OC)cc2)cc1. The van der Waals surface area contributed by atoms with E-state index in [0.29, 0.717) is 23.0 Å². The van der Waals surface area contributed by atoms with Crippen LogP contribution in [0.3, 0.4) is 0 Å². The molecule has 0 spiro atoms. The fraction of sp³-hybridized carbons (Fsp3) is 0.230. The Morgan fingerprint density at radius 3 is 1.39 bits per heavy atom. The van der Waals surface area contributed by atoms with Crippen LogP contribution in [0, 0.1) is 16.7 Å². The summed E-state index contributed by atoms with van der Waals surface area (Å²) in [6, 6.07) is 91.3. The molecule has 1 aliphatic heterocycles. The van der Waals surface area contributed by atoms with Crippen molar-refractivity contribution in [1.29, 1.82) is 5.26 Å². The highest BCUT2D eigenvalue weighted by atomic mass is 32.2. The van der Waals surface area contributed by atoms with Crippen molar-refractivity contribution in [3.05, 3.63) is 347 Å². The summed E-state index contributed by atoms with van der Waals surface area (Å²) in [7, 11) is 1.94. The molecular weight excluding hydrogens is 1410 g/mol. The minimum Gasteiger partial charge on any atom is -0.497 e. The zero-order chi connectivity index (χ0) is 76.3. The summed E-state index contributed by atoms with van der Waals surface area (Å²) in [5.41, 5.74) is -2.05. The summed E-state index contributed by atoms with van der Waals surface area (Å²) in [4.78, 5) is 25.0. The average molecular weight is 1500 g/mol. The van der Waals surface area contributed by atoms with Gasteiger partial charge in [-0.1, -0.05) is 242 Å². The standard InChI is InChI=1S/C87H85N8O12PS/c1-82(2,60-104-87(68-32-20-11-21-33-68,69-34-22-12-23-35-69)70-36-24-13-25-37-70)80(97)109-55-54-105-108(99,90-56-61-26-14-8-15-27-61)106-58-75-77(96)83(3,98)84(59-88,107-75)76-57-89-79-78(92-85(62-28-16-9-17-29-62,64-38-46-71(100-4)47-39-64)65-40-48-72(101-5)49-41-65)91-81(94-95(76)79)93-86(63-30-18-10-19-31-63,66-42-50-73(102-6)51-43-66)67-44-52-74(103-7)53-45-67/h8-53,57,75,77,96,98H,54-56,58,60H2,1-7H3,(H,90,99)(H2,91,92,93,94)/t75-,77-,83-,84+,108?/m1/s1. The van der Waals surface area contributed by atoms with Gasteiger partial charge in [0.05, 0.1) is 59.9 Å². The van der Waals surface area contributed by atoms with Gasteiger partial charge >= 0.3 is 7.75 Å². The zero-order valence-electron chi connectivity index (χ0n) is 61.4. The summed E-state index contributed by atoms with van der Waals surface area (Å²) < 4.78 is 65.9. The largest absolute Gasteiger partial charge is 0.497 e. The van der Waals surface area contributed by atoms with Gasteiger partial charge in [0, 0.05) is 12.3 Å². The number of imidazole rings is 1. The number of hydrogen-bond acceptors (Lipinski definition) is 19. The number of anilines is 2. The Balaban J connectivity index is 0.866. The number of carbonyl (C=O) groups excluding carboxylic acids is 1. The van der Waals surface area contributed by atoms with E-state index in [1.165, 1.54) is 17.6 Å². The van der Waals surface area contributed by atoms with Crippen LogP contribution in [0.2, 0.25) is 0 Å². The highest BCUT2D eigenvalue weighted by molar-refractivity contribution is 8.13. The van der Waals surface area contributed by atoms with Crippen LogP contribution in [-0.2, 0) is 56.7 Å². The normalized spacial score (nSPS) is 17.2. The Hall–Kier alpha value is -11.0. The second-order valence-electron chi connectivity index (χ2n) is 27.1. The maximum absolute atomic E-state index is 15.3. The van der Waals surface area contributed by atoms with Crippen molar-refractivity contribution in [1.82, 2.24) is 24.7 Å². The van der Waals surface area contributed by atoms with Gasteiger partial charge in [-0.15, -0.1) is 5.10 Å². The lowest BCUT2D eigenvalue weighted by Gasteiger charge is -2.39. The Bertz CT molecular complexity index is 4920. The molecule has 3 heterocycles. The van der Waals surface area contributed by atoms with Crippen molar-refractivity contribution in [3.63, 3.8) is 0 Å². The number of benzene rings is 10. The topological polar surface area (TPSA) is 251 Å². The molecule has 13 rings (SSSR count). The molecule has 1 saturated heterocycles. The van der Waals surface area contributed by atoms with E-state index in [4.69, 9.17) is 52.5 Å².